The lowest BCUT2D eigenvalue weighted by atomic mass is 9.94. The average Bonchev–Trinajstić information content (AvgIpc) is 2.53. The van der Waals surface area contributed by atoms with Gasteiger partial charge in [-0.05, 0) is 38.4 Å². The number of aromatic amines is 1. The molecule has 1 atom stereocenters. The number of piperidine rings is 1. The SMILES string of the molecule is Cc1cccc(CCN2CCC[C@@H](c3cc(=O)[nH]cn3)C2)n1. The van der Waals surface area contributed by atoms with Gasteiger partial charge in [0.15, 0.2) is 0 Å². The second-order valence-corrected chi connectivity index (χ2v) is 6.00. The van der Waals surface area contributed by atoms with Crippen molar-refractivity contribution in [3.8, 4) is 0 Å². The van der Waals surface area contributed by atoms with Gasteiger partial charge in [-0.2, -0.15) is 0 Å². The molecule has 0 radical (unpaired) electrons. The molecule has 0 saturated carbocycles. The van der Waals surface area contributed by atoms with Crippen molar-refractivity contribution in [2.75, 3.05) is 19.6 Å². The average molecular weight is 298 g/mol. The molecule has 116 valence electrons. The van der Waals surface area contributed by atoms with Gasteiger partial charge in [-0.25, -0.2) is 4.98 Å². The van der Waals surface area contributed by atoms with Gasteiger partial charge >= 0.3 is 0 Å². The Hall–Kier alpha value is -2.01. The highest BCUT2D eigenvalue weighted by Gasteiger charge is 2.22. The summed E-state index contributed by atoms with van der Waals surface area (Å²) in [6.07, 6.45) is 4.74. The molecule has 5 heteroatoms. The standard InChI is InChI=1S/C17H22N4O/c1-13-4-2-6-15(20-13)7-9-21-8-3-5-14(11-21)16-10-17(22)19-12-18-16/h2,4,6,10,12,14H,3,5,7-9,11H2,1H3,(H,18,19,22)/t14-/m1/s1. The molecule has 2 aromatic rings. The summed E-state index contributed by atoms with van der Waals surface area (Å²) in [6.45, 7) is 5.13. The molecule has 1 fully saturated rings. The van der Waals surface area contributed by atoms with Crippen molar-refractivity contribution < 1.29 is 0 Å². The van der Waals surface area contributed by atoms with E-state index in [4.69, 9.17) is 0 Å². The fourth-order valence-corrected chi connectivity index (χ4v) is 3.12. The smallest absolute Gasteiger partial charge is 0.250 e. The number of rotatable bonds is 4. The Bertz CT molecular complexity index is 682. The highest BCUT2D eigenvalue weighted by molar-refractivity contribution is 5.11. The highest BCUT2D eigenvalue weighted by atomic mass is 16.1. The molecule has 22 heavy (non-hydrogen) atoms. The molecule has 3 rings (SSSR count). The van der Waals surface area contributed by atoms with Crippen LogP contribution < -0.4 is 5.56 Å². The van der Waals surface area contributed by atoms with Gasteiger partial charge in [0, 0.05) is 42.9 Å². The molecule has 0 amide bonds. The molecule has 5 nitrogen and oxygen atoms in total. The number of aryl methyl sites for hydroxylation is 1. The van der Waals surface area contributed by atoms with Crippen molar-refractivity contribution in [1.29, 1.82) is 0 Å². The van der Waals surface area contributed by atoms with Crippen LogP contribution in [0.2, 0.25) is 0 Å². The zero-order valence-corrected chi connectivity index (χ0v) is 13.0. The maximum atomic E-state index is 11.4. The summed E-state index contributed by atoms with van der Waals surface area (Å²) >= 11 is 0. The second kappa shape index (κ2) is 6.83. The minimum atomic E-state index is -0.0638. The van der Waals surface area contributed by atoms with E-state index in [9.17, 15) is 4.79 Å². The molecule has 2 aromatic heterocycles. The summed E-state index contributed by atoms with van der Waals surface area (Å²) in [4.78, 5) is 25.4. The Kier molecular flexibility index (Phi) is 4.63. The topological polar surface area (TPSA) is 61.9 Å². The fraction of sp³-hybridized carbons (Fsp3) is 0.471. The van der Waals surface area contributed by atoms with Crippen LogP contribution in [-0.2, 0) is 6.42 Å². The maximum Gasteiger partial charge on any atom is 0.250 e. The zero-order chi connectivity index (χ0) is 15.4. The van der Waals surface area contributed by atoms with Crippen LogP contribution in [0, 0.1) is 6.92 Å². The summed E-state index contributed by atoms with van der Waals surface area (Å²) in [5.74, 6) is 0.363. The first-order valence-electron chi connectivity index (χ1n) is 7.90. The van der Waals surface area contributed by atoms with Gasteiger partial charge in [0.2, 0.25) is 0 Å². The van der Waals surface area contributed by atoms with Crippen LogP contribution in [0.4, 0.5) is 0 Å². The molecule has 0 aromatic carbocycles. The number of likely N-dealkylation sites (tertiary alicyclic amines) is 1. The molecule has 0 spiro atoms. The van der Waals surface area contributed by atoms with Crippen LogP contribution in [0.5, 0.6) is 0 Å². The number of H-pyrrole nitrogens is 1. The van der Waals surface area contributed by atoms with Gasteiger partial charge in [-0.3, -0.25) is 9.78 Å². The molecule has 3 heterocycles. The molecule has 0 unspecified atom stereocenters. The molecular formula is C17H22N4O. The summed E-state index contributed by atoms with van der Waals surface area (Å²) < 4.78 is 0. The lowest BCUT2D eigenvalue weighted by Gasteiger charge is -2.32. The van der Waals surface area contributed by atoms with Crippen LogP contribution >= 0.6 is 0 Å². The Balaban J connectivity index is 1.60. The summed E-state index contributed by atoms with van der Waals surface area (Å²) in [5, 5.41) is 0. The number of hydrogen-bond donors (Lipinski definition) is 1. The number of nitrogens with zero attached hydrogens (tertiary/aromatic N) is 3. The second-order valence-electron chi connectivity index (χ2n) is 6.00. The Morgan fingerprint density at radius 1 is 1.41 bits per heavy atom. The van der Waals surface area contributed by atoms with Crippen molar-refractivity contribution in [3.63, 3.8) is 0 Å². The van der Waals surface area contributed by atoms with E-state index >= 15 is 0 Å². The molecule has 1 saturated heterocycles. The lowest BCUT2D eigenvalue weighted by Crippen LogP contribution is -2.36. The van der Waals surface area contributed by atoms with E-state index < -0.39 is 0 Å². The molecule has 1 N–H and O–H groups in total. The van der Waals surface area contributed by atoms with E-state index in [0.717, 1.165) is 56.0 Å². The van der Waals surface area contributed by atoms with Crippen LogP contribution in [-0.4, -0.2) is 39.5 Å². The van der Waals surface area contributed by atoms with Crippen molar-refractivity contribution in [1.82, 2.24) is 19.9 Å². The van der Waals surface area contributed by atoms with Gasteiger partial charge in [0.05, 0.1) is 12.0 Å². The summed E-state index contributed by atoms with van der Waals surface area (Å²) in [7, 11) is 0. The molecule has 0 bridgehead atoms. The first kappa shape index (κ1) is 14.9. The first-order valence-corrected chi connectivity index (χ1v) is 7.90. The van der Waals surface area contributed by atoms with Gasteiger partial charge in [-0.15, -0.1) is 0 Å². The van der Waals surface area contributed by atoms with E-state index in [1.54, 1.807) is 6.07 Å². The van der Waals surface area contributed by atoms with Crippen LogP contribution in [0.1, 0.15) is 35.8 Å². The molecule has 0 aliphatic carbocycles. The third kappa shape index (κ3) is 3.80. The predicted octanol–water partition coefficient (Wildman–Crippen LogP) is 1.90. The quantitative estimate of drug-likeness (QED) is 0.936. The van der Waals surface area contributed by atoms with Crippen molar-refractivity contribution in [3.05, 3.63) is 58.0 Å². The zero-order valence-electron chi connectivity index (χ0n) is 13.0. The number of aromatic nitrogens is 3. The Labute approximate surface area is 130 Å². The summed E-state index contributed by atoms with van der Waals surface area (Å²) in [6, 6.07) is 7.82. The minimum absolute atomic E-state index is 0.0638. The minimum Gasteiger partial charge on any atom is -0.313 e. The molecule has 1 aliphatic rings. The largest absolute Gasteiger partial charge is 0.313 e. The number of hydrogen-bond acceptors (Lipinski definition) is 4. The van der Waals surface area contributed by atoms with E-state index in [2.05, 4.69) is 32.0 Å². The van der Waals surface area contributed by atoms with Crippen LogP contribution in [0.3, 0.4) is 0 Å². The molecular weight excluding hydrogens is 276 g/mol. The highest BCUT2D eigenvalue weighted by Crippen LogP contribution is 2.24. The third-order valence-corrected chi connectivity index (χ3v) is 4.25. The Morgan fingerprint density at radius 3 is 3.14 bits per heavy atom. The maximum absolute atomic E-state index is 11.4. The summed E-state index contributed by atoms with van der Waals surface area (Å²) in [5.41, 5.74) is 3.08. The van der Waals surface area contributed by atoms with Crippen molar-refractivity contribution in [2.45, 2.75) is 32.1 Å². The first-order chi connectivity index (χ1) is 10.7. The Morgan fingerprint density at radius 2 is 2.32 bits per heavy atom. The predicted molar refractivity (Wildman–Crippen MR) is 86.0 cm³/mol. The van der Waals surface area contributed by atoms with E-state index in [0.29, 0.717) is 5.92 Å². The van der Waals surface area contributed by atoms with E-state index in [1.807, 2.05) is 13.0 Å². The van der Waals surface area contributed by atoms with E-state index in [-0.39, 0.29) is 5.56 Å². The fourth-order valence-electron chi connectivity index (χ4n) is 3.12. The monoisotopic (exact) mass is 298 g/mol. The third-order valence-electron chi connectivity index (χ3n) is 4.25. The van der Waals surface area contributed by atoms with Crippen molar-refractivity contribution >= 4 is 0 Å². The normalized spacial score (nSPS) is 19.2. The van der Waals surface area contributed by atoms with Crippen LogP contribution in [0.25, 0.3) is 0 Å². The number of nitrogens with one attached hydrogen (secondary N) is 1. The van der Waals surface area contributed by atoms with Crippen molar-refractivity contribution in [2.24, 2.45) is 0 Å². The van der Waals surface area contributed by atoms with E-state index in [1.165, 1.54) is 6.33 Å². The van der Waals surface area contributed by atoms with Crippen LogP contribution in [0.15, 0.2) is 35.4 Å². The van der Waals surface area contributed by atoms with Gasteiger partial charge in [-0.1, -0.05) is 6.07 Å². The van der Waals surface area contributed by atoms with Gasteiger partial charge < -0.3 is 9.88 Å². The lowest BCUT2D eigenvalue weighted by molar-refractivity contribution is 0.208. The molecule has 1 aliphatic heterocycles. The van der Waals surface area contributed by atoms with Gasteiger partial charge in [0.1, 0.15) is 0 Å². The van der Waals surface area contributed by atoms with Gasteiger partial charge in [0.25, 0.3) is 5.56 Å². The number of pyridine rings is 1.